The summed E-state index contributed by atoms with van der Waals surface area (Å²) in [4.78, 5) is 12.5. The van der Waals surface area contributed by atoms with Crippen molar-refractivity contribution in [3.63, 3.8) is 0 Å². The molecule has 0 spiro atoms. The van der Waals surface area contributed by atoms with Gasteiger partial charge in [0.25, 0.3) is 0 Å². The summed E-state index contributed by atoms with van der Waals surface area (Å²) < 4.78 is 5.22. The van der Waals surface area contributed by atoms with E-state index in [4.69, 9.17) is 9.84 Å². The Balaban J connectivity index is 2.02. The number of hydrogen-bond acceptors (Lipinski definition) is 4. The minimum Gasteiger partial charge on any atom is -0.481 e. The van der Waals surface area contributed by atoms with E-state index in [-0.39, 0.29) is 6.42 Å². The molecule has 0 amide bonds. The molecule has 2 heterocycles. The Bertz CT molecular complexity index is 344. The molecular formula is C9H13N3O3. The number of morpholine rings is 1. The largest absolute Gasteiger partial charge is 0.481 e. The molecule has 2 N–H and O–H groups in total. The van der Waals surface area contributed by atoms with E-state index in [2.05, 4.69) is 15.1 Å². The highest BCUT2D eigenvalue weighted by atomic mass is 16.5. The van der Waals surface area contributed by atoms with Crippen LogP contribution in [-0.2, 0) is 16.0 Å². The van der Waals surface area contributed by atoms with Crippen LogP contribution in [0.5, 0.6) is 0 Å². The normalized spacial score (nSPS) is 16.7. The lowest BCUT2D eigenvalue weighted by Crippen LogP contribution is -2.36. The minimum atomic E-state index is -0.854. The molecule has 2 rings (SSSR count). The summed E-state index contributed by atoms with van der Waals surface area (Å²) in [6, 6.07) is 1.78. The maximum absolute atomic E-state index is 10.5. The smallest absolute Gasteiger partial charge is 0.309 e. The SMILES string of the molecule is O=C(O)Cc1cc(N2CCOCC2)n[nH]1. The number of H-pyrrole nitrogens is 1. The summed E-state index contributed by atoms with van der Waals surface area (Å²) in [7, 11) is 0. The van der Waals surface area contributed by atoms with Gasteiger partial charge in [0.05, 0.1) is 19.6 Å². The van der Waals surface area contributed by atoms with Crippen molar-refractivity contribution in [2.24, 2.45) is 0 Å². The van der Waals surface area contributed by atoms with Gasteiger partial charge in [0, 0.05) is 24.8 Å². The second-order valence-corrected chi connectivity index (χ2v) is 3.42. The minimum absolute atomic E-state index is 0.0165. The van der Waals surface area contributed by atoms with Crippen LogP contribution in [0.1, 0.15) is 5.69 Å². The van der Waals surface area contributed by atoms with Gasteiger partial charge in [0.1, 0.15) is 0 Å². The van der Waals surface area contributed by atoms with Gasteiger partial charge in [0.2, 0.25) is 0 Å². The van der Waals surface area contributed by atoms with Crippen molar-refractivity contribution < 1.29 is 14.6 Å². The van der Waals surface area contributed by atoms with Crippen molar-refractivity contribution in [1.82, 2.24) is 10.2 Å². The van der Waals surface area contributed by atoms with Gasteiger partial charge >= 0.3 is 5.97 Å². The zero-order valence-corrected chi connectivity index (χ0v) is 8.27. The van der Waals surface area contributed by atoms with E-state index in [0.717, 1.165) is 18.9 Å². The molecule has 1 aromatic rings. The van der Waals surface area contributed by atoms with Crippen molar-refractivity contribution in [1.29, 1.82) is 0 Å². The van der Waals surface area contributed by atoms with Crippen molar-refractivity contribution in [2.45, 2.75) is 6.42 Å². The maximum Gasteiger partial charge on any atom is 0.309 e. The Kier molecular flexibility index (Phi) is 2.86. The molecule has 6 heteroatoms. The van der Waals surface area contributed by atoms with E-state index < -0.39 is 5.97 Å². The molecule has 1 aliphatic rings. The number of carboxylic acids is 1. The van der Waals surface area contributed by atoms with E-state index in [1.165, 1.54) is 0 Å². The van der Waals surface area contributed by atoms with Crippen molar-refractivity contribution >= 4 is 11.8 Å². The Labute approximate surface area is 86.8 Å². The third kappa shape index (κ3) is 2.47. The van der Waals surface area contributed by atoms with Gasteiger partial charge in [-0.3, -0.25) is 9.89 Å². The van der Waals surface area contributed by atoms with Gasteiger partial charge in [0.15, 0.2) is 5.82 Å². The molecule has 0 radical (unpaired) electrons. The van der Waals surface area contributed by atoms with Gasteiger partial charge in [-0.15, -0.1) is 0 Å². The fourth-order valence-corrected chi connectivity index (χ4v) is 1.56. The van der Waals surface area contributed by atoms with Crippen LogP contribution in [0.4, 0.5) is 5.82 Å². The Hall–Kier alpha value is -1.56. The van der Waals surface area contributed by atoms with Gasteiger partial charge in [-0.05, 0) is 0 Å². The standard InChI is InChI=1S/C9H13N3O3/c13-9(14)6-7-5-8(11-10-7)12-1-3-15-4-2-12/h5H,1-4,6H2,(H,10,11)(H,13,14). The molecule has 6 nitrogen and oxygen atoms in total. The van der Waals surface area contributed by atoms with Crippen molar-refractivity contribution in [2.75, 3.05) is 31.2 Å². The number of carboxylic acid groups (broad SMARTS) is 1. The van der Waals surface area contributed by atoms with Crippen LogP contribution in [0.25, 0.3) is 0 Å². The first kappa shape index (κ1) is 9.97. The number of nitrogens with zero attached hydrogens (tertiary/aromatic N) is 2. The molecule has 0 unspecified atom stereocenters. The Morgan fingerprint density at radius 1 is 1.60 bits per heavy atom. The van der Waals surface area contributed by atoms with E-state index in [1.807, 2.05) is 0 Å². The Morgan fingerprint density at radius 3 is 3.00 bits per heavy atom. The number of aromatic nitrogens is 2. The lowest BCUT2D eigenvalue weighted by molar-refractivity contribution is -0.136. The molecule has 82 valence electrons. The topological polar surface area (TPSA) is 78.4 Å². The molecule has 15 heavy (non-hydrogen) atoms. The van der Waals surface area contributed by atoms with E-state index in [9.17, 15) is 4.79 Å². The number of anilines is 1. The highest BCUT2D eigenvalue weighted by molar-refractivity contribution is 5.69. The fraction of sp³-hybridized carbons (Fsp3) is 0.556. The average Bonchev–Trinajstić information content (AvgIpc) is 2.67. The number of aromatic amines is 1. The number of nitrogens with one attached hydrogen (secondary N) is 1. The zero-order chi connectivity index (χ0) is 10.7. The number of hydrogen-bond donors (Lipinski definition) is 2. The molecule has 1 fully saturated rings. The van der Waals surface area contributed by atoms with Crippen LogP contribution in [0.3, 0.4) is 0 Å². The first-order valence-electron chi connectivity index (χ1n) is 4.84. The van der Waals surface area contributed by atoms with Crippen LogP contribution >= 0.6 is 0 Å². The first-order valence-corrected chi connectivity index (χ1v) is 4.84. The molecule has 1 aliphatic heterocycles. The Morgan fingerprint density at radius 2 is 2.33 bits per heavy atom. The number of rotatable bonds is 3. The predicted molar refractivity (Wildman–Crippen MR) is 53.0 cm³/mol. The first-order chi connectivity index (χ1) is 7.25. The average molecular weight is 211 g/mol. The van der Waals surface area contributed by atoms with Crippen molar-refractivity contribution in [3.8, 4) is 0 Å². The third-order valence-corrected chi connectivity index (χ3v) is 2.29. The summed E-state index contributed by atoms with van der Waals surface area (Å²) in [6.45, 7) is 3.00. The monoisotopic (exact) mass is 211 g/mol. The van der Waals surface area contributed by atoms with Gasteiger partial charge < -0.3 is 14.7 Å². The lowest BCUT2D eigenvalue weighted by Gasteiger charge is -2.26. The van der Waals surface area contributed by atoms with Gasteiger partial charge in [-0.25, -0.2) is 0 Å². The highest BCUT2D eigenvalue weighted by Crippen LogP contribution is 2.13. The van der Waals surface area contributed by atoms with E-state index >= 15 is 0 Å². The molecule has 0 aliphatic carbocycles. The third-order valence-electron chi connectivity index (χ3n) is 2.29. The second-order valence-electron chi connectivity index (χ2n) is 3.42. The summed E-state index contributed by atoms with van der Waals surface area (Å²) in [5.74, 6) is -0.0540. The predicted octanol–water partition coefficient (Wildman–Crippen LogP) is -0.127. The van der Waals surface area contributed by atoms with Crippen molar-refractivity contribution in [3.05, 3.63) is 11.8 Å². The molecule has 0 atom stereocenters. The van der Waals surface area contributed by atoms with E-state index in [0.29, 0.717) is 18.9 Å². The van der Waals surface area contributed by atoms with Crippen LogP contribution in [-0.4, -0.2) is 47.6 Å². The van der Waals surface area contributed by atoms with Crippen LogP contribution in [0.15, 0.2) is 6.07 Å². The molecule has 0 aromatic carbocycles. The summed E-state index contributed by atoms with van der Waals surface area (Å²) in [6.07, 6.45) is -0.0165. The molecule has 1 aromatic heterocycles. The molecular weight excluding hydrogens is 198 g/mol. The summed E-state index contributed by atoms with van der Waals surface area (Å²) in [5, 5.41) is 15.4. The molecule has 1 saturated heterocycles. The van der Waals surface area contributed by atoms with Crippen LogP contribution < -0.4 is 4.90 Å². The lowest BCUT2D eigenvalue weighted by atomic mass is 10.3. The summed E-state index contributed by atoms with van der Waals surface area (Å²) >= 11 is 0. The fourth-order valence-electron chi connectivity index (χ4n) is 1.56. The quantitative estimate of drug-likeness (QED) is 0.728. The van der Waals surface area contributed by atoms with Gasteiger partial charge in [-0.1, -0.05) is 0 Å². The van der Waals surface area contributed by atoms with Gasteiger partial charge in [-0.2, -0.15) is 5.10 Å². The number of carbonyl (C=O) groups is 1. The maximum atomic E-state index is 10.5. The number of aliphatic carboxylic acids is 1. The van der Waals surface area contributed by atoms with Crippen LogP contribution in [0, 0.1) is 0 Å². The molecule has 0 saturated carbocycles. The summed E-state index contributed by atoms with van der Waals surface area (Å²) in [5.41, 5.74) is 0.629. The zero-order valence-electron chi connectivity index (χ0n) is 8.27. The molecule has 0 bridgehead atoms. The number of ether oxygens (including phenoxy) is 1. The second kappa shape index (κ2) is 4.31. The van der Waals surface area contributed by atoms with Crippen LogP contribution in [0.2, 0.25) is 0 Å². The van der Waals surface area contributed by atoms with E-state index in [1.54, 1.807) is 6.07 Å². The highest BCUT2D eigenvalue weighted by Gasteiger charge is 2.14.